The largest absolute Gasteiger partial charge is 0.361 e. The van der Waals surface area contributed by atoms with Crippen molar-refractivity contribution in [1.82, 2.24) is 20.6 Å². The number of nitrogens with one attached hydrogen (secondary N) is 3. The van der Waals surface area contributed by atoms with E-state index in [1.807, 2.05) is 7.05 Å². The van der Waals surface area contributed by atoms with E-state index >= 15 is 0 Å². The van der Waals surface area contributed by atoms with Gasteiger partial charge >= 0.3 is 0 Å². The van der Waals surface area contributed by atoms with Crippen LogP contribution in [-0.4, -0.2) is 36.1 Å². The molecule has 0 amide bonds. The van der Waals surface area contributed by atoms with Crippen molar-refractivity contribution in [2.75, 3.05) is 20.1 Å². The molecular weight excluding hydrogens is 481 g/mol. The fourth-order valence-corrected chi connectivity index (χ4v) is 3.96. The van der Waals surface area contributed by atoms with E-state index in [-0.39, 0.29) is 29.4 Å². The van der Waals surface area contributed by atoms with Crippen LogP contribution in [0.4, 0.5) is 0 Å². The van der Waals surface area contributed by atoms with Crippen molar-refractivity contribution in [3.63, 3.8) is 0 Å². The van der Waals surface area contributed by atoms with Gasteiger partial charge in [0, 0.05) is 54.5 Å². The van der Waals surface area contributed by atoms with Gasteiger partial charge in [0.1, 0.15) is 0 Å². The Morgan fingerprint density at radius 3 is 2.54 bits per heavy atom. The van der Waals surface area contributed by atoms with Gasteiger partial charge in [-0.1, -0.05) is 39.0 Å². The second kappa shape index (κ2) is 10.2. The van der Waals surface area contributed by atoms with Crippen molar-refractivity contribution in [3.8, 4) is 0 Å². The second-order valence-corrected chi connectivity index (χ2v) is 8.60. The Bertz CT molecular complexity index is 907. The van der Waals surface area contributed by atoms with Gasteiger partial charge in [0.15, 0.2) is 5.96 Å². The lowest BCUT2D eigenvalue weighted by Crippen LogP contribution is -2.39. The number of benzene rings is 1. The standard InChI is InChI=1S/C21H29N5S.HI/c1-21(2,3)18-14-27-19(26-18)10-12-24-20(22-4)23-11-9-15-13-25-17-8-6-5-7-16(15)17;/h5-8,13-14,25H,9-12H2,1-4H3,(H2,22,23,24);1H. The number of fused-ring (bicyclic) bond motifs is 1. The van der Waals surface area contributed by atoms with E-state index in [1.54, 1.807) is 11.3 Å². The zero-order valence-electron chi connectivity index (χ0n) is 17.0. The van der Waals surface area contributed by atoms with Crippen LogP contribution in [0.25, 0.3) is 10.9 Å². The number of halogens is 1. The SMILES string of the molecule is CN=C(NCCc1nc(C(C)(C)C)cs1)NCCc1c[nH]c2ccccc12.I. The normalized spacial score (nSPS) is 12.1. The Balaban J connectivity index is 0.00000280. The molecule has 0 aliphatic carbocycles. The molecule has 0 atom stereocenters. The first-order valence-corrected chi connectivity index (χ1v) is 10.3. The molecule has 3 rings (SSSR count). The van der Waals surface area contributed by atoms with Gasteiger partial charge in [0.05, 0.1) is 10.7 Å². The molecule has 1 aromatic carbocycles. The van der Waals surface area contributed by atoms with E-state index < -0.39 is 0 Å². The molecule has 0 saturated carbocycles. The number of H-pyrrole nitrogens is 1. The smallest absolute Gasteiger partial charge is 0.191 e. The summed E-state index contributed by atoms with van der Waals surface area (Å²) in [5, 5.41) is 11.4. The van der Waals surface area contributed by atoms with Gasteiger partial charge < -0.3 is 15.6 Å². The quantitative estimate of drug-likeness (QED) is 0.260. The summed E-state index contributed by atoms with van der Waals surface area (Å²) in [5.41, 5.74) is 3.80. The maximum Gasteiger partial charge on any atom is 0.191 e. The number of aromatic amines is 1. The van der Waals surface area contributed by atoms with E-state index in [2.05, 4.69) is 77.2 Å². The molecule has 2 aromatic heterocycles. The maximum atomic E-state index is 4.74. The van der Waals surface area contributed by atoms with Gasteiger partial charge in [-0.2, -0.15) is 0 Å². The summed E-state index contributed by atoms with van der Waals surface area (Å²) in [7, 11) is 1.81. The summed E-state index contributed by atoms with van der Waals surface area (Å²) >= 11 is 1.74. The van der Waals surface area contributed by atoms with Crippen LogP contribution in [0.3, 0.4) is 0 Å². The zero-order chi connectivity index (χ0) is 19.3. The van der Waals surface area contributed by atoms with Crippen LogP contribution in [0.2, 0.25) is 0 Å². The van der Waals surface area contributed by atoms with Crippen molar-refractivity contribution in [2.24, 2.45) is 4.99 Å². The van der Waals surface area contributed by atoms with Crippen molar-refractivity contribution in [2.45, 2.75) is 39.0 Å². The molecule has 0 radical (unpaired) electrons. The fraction of sp³-hybridized carbons (Fsp3) is 0.429. The fourth-order valence-electron chi connectivity index (χ4n) is 2.93. The average molecular weight is 511 g/mol. The minimum Gasteiger partial charge on any atom is -0.361 e. The van der Waals surface area contributed by atoms with E-state index in [1.165, 1.54) is 27.2 Å². The molecule has 3 N–H and O–H groups in total. The Hall–Kier alpha value is -1.61. The first-order chi connectivity index (χ1) is 13.0. The first-order valence-electron chi connectivity index (χ1n) is 9.42. The molecule has 28 heavy (non-hydrogen) atoms. The Morgan fingerprint density at radius 1 is 1.14 bits per heavy atom. The number of para-hydroxylation sites is 1. The van der Waals surface area contributed by atoms with Crippen molar-refractivity contribution < 1.29 is 0 Å². The van der Waals surface area contributed by atoms with E-state index in [9.17, 15) is 0 Å². The molecule has 0 aliphatic rings. The molecule has 0 bridgehead atoms. The molecule has 2 heterocycles. The van der Waals surface area contributed by atoms with Gasteiger partial charge in [-0.3, -0.25) is 4.99 Å². The number of thiazole rings is 1. The molecule has 0 saturated heterocycles. The minimum atomic E-state index is 0. The molecule has 152 valence electrons. The monoisotopic (exact) mass is 511 g/mol. The summed E-state index contributed by atoms with van der Waals surface area (Å²) in [6.45, 7) is 8.26. The number of rotatable bonds is 6. The third kappa shape index (κ3) is 5.94. The number of aliphatic imine (C=N–C) groups is 1. The van der Waals surface area contributed by atoms with E-state index in [4.69, 9.17) is 4.98 Å². The summed E-state index contributed by atoms with van der Waals surface area (Å²) in [6, 6.07) is 8.40. The molecule has 0 fully saturated rings. The highest BCUT2D eigenvalue weighted by atomic mass is 127. The lowest BCUT2D eigenvalue weighted by Gasteiger charge is -2.14. The van der Waals surface area contributed by atoms with Crippen molar-refractivity contribution in [1.29, 1.82) is 0 Å². The van der Waals surface area contributed by atoms with Gasteiger partial charge in [0.2, 0.25) is 0 Å². The number of hydrogen-bond acceptors (Lipinski definition) is 3. The predicted molar refractivity (Wildman–Crippen MR) is 131 cm³/mol. The van der Waals surface area contributed by atoms with E-state index in [0.29, 0.717) is 0 Å². The lowest BCUT2D eigenvalue weighted by molar-refractivity contribution is 0.570. The minimum absolute atomic E-state index is 0. The van der Waals surface area contributed by atoms with Crippen molar-refractivity contribution >= 4 is 52.2 Å². The Kier molecular flexibility index (Phi) is 8.30. The predicted octanol–water partition coefficient (Wildman–Crippen LogP) is 4.49. The molecule has 3 aromatic rings. The van der Waals surface area contributed by atoms with Crippen LogP contribution in [-0.2, 0) is 18.3 Å². The van der Waals surface area contributed by atoms with Crippen LogP contribution >= 0.6 is 35.3 Å². The molecule has 7 heteroatoms. The first kappa shape index (κ1) is 22.7. The number of guanidine groups is 1. The van der Waals surface area contributed by atoms with Crippen molar-refractivity contribution in [3.05, 3.63) is 52.1 Å². The van der Waals surface area contributed by atoms with Gasteiger partial charge in [-0.05, 0) is 18.1 Å². The second-order valence-electron chi connectivity index (χ2n) is 7.66. The van der Waals surface area contributed by atoms with Gasteiger partial charge in [0.25, 0.3) is 0 Å². The summed E-state index contributed by atoms with van der Waals surface area (Å²) in [4.78, 5) is 12.4. The molecular formula is C21H30IN5S. The number of nitrogens with zero attached hydrogens (tertiary/aromatic N) is 2. The summed E-state index contributed by atoms with van der Waals surface area (Å²) < 4.78 is 0. The van der Waals surface area contributed by atoms with Crippen LogP contribution < -0.4 is 10.6 Å². The Morgan fingerprint density at radius 2 is 1.86 bits per heavy atom. The number of hydrogen-bond donors (Lipinski definition) is 3. The van der Waals surface area contributed by atoms with Gasteiger partial charge in [-0.25, -0.2) is 4.98 Å². The lowest BCUT2D eigenvalue weighted by atomic mass is 9.93. The molecule has 5 nitrogen and oxygen atoms in total. The third-order valence-electron chi connectivity index (χ3n) is 4.54. The maximum absolute atomic E-state index is 4.74. The molecule has 0 unspecified atom stereocenters. The Labute approximate surface area is 188 Å². The highest BCUT2D eigenvalue weighted by Crippen LogP contribution is 2.23. The number of aromatic nitrogens is 2. The highest BCUT2D eigenvalue weighted by Gasteiger charge is 2.17. The van der Waals surface area contributed by atoms with Crippen LogP contribution in [0.1, 0.15) is 37.0 Å². The molecule has 0 spiro atoms. The topological polar surface area (TPSA) is 65.1 Å². The average Bonchev–Trinajstić information content (AvgIpc) is 3.27. The van der Waals surface area contributed by atoms with E-state index in [0.717, 1.165) is 31.9 Å². The van der Waals surface area contributed by atoms with Crippen LogP contribution in [0.15, 0.2) is 40.8 Å². The van der Waals surface area contributed by atoms with Gasteiger partial charge in [-0.15, -0.1) is 35.3 Å². The molecule has 0 aliphatic heterocycles. The van der Waals surface area contributed by atoms with Crippen LogP contribution in [0, 0.1) is 0 Å². The highest BCUT2D eigenvalue weighted by molar-refractivity contribution is 14.0. The third-order valence-corrected chi connectivity index (χ3v) is 5.45. The summed E-state index contributed by atoms with van der Waals surface area (Å²) in [5.74, 6) is 0.836. The van der Waals surface area contributed by atoms with Crippen LogP contribution in [0.5, 0.6) is 0 Å². The summed E-state index contributed by atoms with van der Waals surface area (Å²) in [6.07, 6.45) is 3.95. The zero-order valence-corrected chi connectivity index (χ0v) is 20.2.